The van der Waals surface area contributed by atoms with E-state index < -0.39 is 8.07 Å². The minimum absolute atomic E-state index is 0.305. The topological polar surface area (TPSA) is 20.2 Å². The Labute approximate surface area is 57.4 Å². The van der Waals surface area contributed by atoms with Gasteiger partial charge in [-0.05, 0) is 12.0 Å². The maximum Gasteiger partial charge on any atom is 0.0729 e. The number of rotatable bonds is 2. The van der Waals surface area contributed by atoms with Crippen LogP contribution in [0.1, 0.15) is 6.42 Å². The predicted molar refractivity (Wildman–Crippen MR) is 42.1 cm³/mol. The summed E-state index contributed by atoms with van der Waals surface area (Å²) in [6.45, 7) is 7.28. The molecule has 0 atom stereocenters. The molecule has 1 aliphatic carbocycles. The lowest BCUT2D eigenvalue weighted by Crippen LogP contribution is -2.18. The van der Waals surface area contributed by atoms with Crippen LogP contribution in [0.15, 0.2) is 10.8 Å². The van der Waals surface area contributed by atoms with Crippen LogP contribution in [-0.4, -0.2) is 19.8 Å². The van der Waals surface area contributed by atoms with E-state index in [-0.39, 0.29) is 0 Å². The van der Waals surface area contributed by atoms with Gasteiger partial charge in [-0.1, -0.05) is 24.8 Å². The van der Waals surface area contributed by atoms with Gasteiger partial charge >= 0.3 is 0 Å². The van der Waals surface area contributed by atoms with Crippen LogP contribution in [0, 0.1) is 0 Å². The van der Waals surface area contributed by atoms with Gasteiger partial charge in [-0.2, -0.15) is 0 Å². The summed E-state index contributed by atoms with van der Waals surface area (Å²) in [7, 11) is -0.988. The van der Waals surface area contributed by atoms with Crippen molar-refractivity contribution in [3.8, 4) is 0 Å². The molecule has 1 aliphatic rings. The molecule has 0 aromatic rings. The summed E-state index contributed by atoms with van der Waals surface area (Å²) in [4.78, 5) is 0. The molecular weight excluding hydrogens is 128 g/mol. The summed E-state index contributed by atoms with van der Waals surface area (Å²) >= 11 is 0. The Bertz CT molecular complexity index is 153. The Kier molecular flexibility index (Phi) is 1.53. The molecule has 0 radical (unpaired) electrons. The van der Waals surface area contributed by atoms with Gasteiger partial charge in [0.1, 0.15) is 0 Å². The third kappa shape index (κ3) is 1.43. The smallest absolute Gasteiger partial charge is 0.0729 e. The molecule has 0 bridgehead atoms. The van der Waals surface area contributed by atoms with Gasteiger partial charge in [0.15, 0.2) is 0 Å². The quantitative estimate of drug-likeness (QED) is 0.580. The lowest BCUT2D eigenvalue weighted by Gasteiger charge is -2.09. The largest absolute Gasteiger partial charge is 0.392 e. The SMILES string of the molecule is C[Si](C)(C)C1=C(CO)C1. The third-order valence-corrected chi connectivity index (χ3v) is 4.13. The molecule has 0 unspecified atom stereocenters. The molecule has 1 N–H and O–H groups in total. The highest BCUT2D eigenvalue weighted by Crippen LogP contribution is 2.37. The van der Waals surface area contributed by atoms with E-state index in [2.05, 4.69) is 19.6 Å². The first-order valence-electron chi connectivity index (χ1n) is 3.38. The van der Waals surface area contributed by atoms with Gasteiger partial charge in [-0.3, -0.25) is 0 Å². The second-order valence-corrected chi connectivity index (χ2v) is 8.77. The van der Waals surface area contributed by atoms with Crippen LogP contribution in [0.3, 0.4) is 0 Å². The zero-order valence-electron chi connectivity index (χ0n) is 6.36. The summed E-state index contributed by atoms with van der Waals surface area (Å²) < 4.78 is 0. The minimum Gasteiger partial charge on any atom is -0.392 e. The number of hydrogen-bond donors (Lipinski definition) is 1. The summed E-state index contributed by atoms with van der Waals surface area (Å²) in [6, 6.07) is 0. The van der Waals surface area contributed by atoms with E-state index in [1.807, 2.05) is 0 Å². The first-order valence-corrected chi connectivity index (χ1v) is 6.88. The average Bonchev–Trinajstić information content (AvgIpc) is 2.39. The highest BCUT2D eigenvalue weighted by atomic mass is 28.3. The third-order valence-electron chi connectivity index (χ3n) is 1.79. The highest BCUT2D eigenvalue weighted by Gasteiger charge is 2.31. The van der Waals surface area contributed by atoms with Crippen LogP contribution >= 0.6 is 0 Å². The fourth-order valence-electron chi connectivity index (χ4n) is 1.12. The summed E-state index contributed by atoms with van der Waals surface area (Å²) in [6.07, 6.45) is 1.13. The van der Waals surface area contributed by atoms with Crippen molar-refractivity contribution < 1.29 is 5.11 Å². The van der Waals surface area contributed by atoms with Gasteiger partial charge in [-0.25, -0.2) is 0 Å². The highest BCUT2D eigenvalue weighted by molar-refractivity contribution is 6.84. The van der Waals surface area contributed by atoms with Gasteiger partial charge in [0.05, 0.1) is 14.7 Å². The average molecular weight is 142 g/mol. The van der Waals surface area contributed by atoms with Crippen LogP contribution in [0.4, 0.5) is 0 Å². The van der Waals surface area contributed by atoms with Crippen molar-refractivity contribution in [2.24, 2.45) is 0 Å². The maximum atomic E-state index is 8.70. The van der Waals surface area contributed by atoms with Gasteiger partial charge in [0.2, 0.25) is 0 Å². The molecule has 0 heterocycles. The standard InChI is InChI=1S/C7H14OSi/c1-9(2,3)7-4-6(7)5-8/h8H,4-5H2,1-3H3. The van der Waals surface area contributed by atoms with E-state index in [1.54, 1.807) is 5.20 Å². The van der Waals surface area contributed by atoms with E-state index >= 15 is 0 Å². The Morgan fingerprint density at radius 2 is 2.00 bits per heavy atom. The lowest BCUT2D eigenvalue weighted by atomic mass is 10.5. The zero-order valence-corrected chi connectivity index (χ0v) is 7.36. The molecule has 1 rings (SSSR count). The normalized spacial score (nSPS) is 18.7. The van der Waals surface area contributed by atoms with Crippen molar-refractivity contribution in [3.63, 3.8) is 0 Å². The number of aliphatic hydroxyl groups is 1. The molecule has 0 aromatic carbocycles. The molecule has 0 saturated heterocycles. The Morgan fingerprint density at radius 1 is 1.44 bits per heavy atom. The molecule has 0 saturated carbocycles. The fraction of sp³-hybridized carbons (Fsp3) is 0.714. The minimum atomic E-state index is -0.988. The maximum absolute atomic E-state index is 8.70. The Hall–Kier alpha value is -0.0831. The van der Waals surface area contributed by atoms with Crippen LogP contribution in [0.25, 0.3) is 0 Å². The molecule has 0 amide bonds. The van der Waals surface area contributed by atoms with E-state index in [9.17, 15) is 0 Å². The molecular formula is C7H14OSi. The van der Waals surface area contributed by atoms with Crippen LogP contribution in [0.2, 0.25) is 19.6 Å². The molecule has 9 heavy (non-hydrogen) atoms. The summed E-state index contributed by atoms with van der Waals surface area (Å²) in [5.41, 5.74) is 1.31. The molecule has 0 aliphatic heterocycles. The fourth-order valence-corrected chi connectivity index (χ4v) is 3.00. The molecule has 0 spiro atoms. The monoisotopic (exact) mass is 142 g/mol. The molecule has 52 valence electrons. The van der Waals surface area contributed by atoms with Crippen LogP contribution < -0.4 is 0 Å². The van der Waals surface area contributed by atoms with Gasteiger partial charge in [0.25, 0.3) is 0 Å². The molecule has 0 aromatic heterocycles. The van der Waals surface area contributed by atoms with Crippen molar-refractivity contribution >= 4 is 8.07 Å². The van der Waals surface area contributed by atoms with E-state index in [4.69, 9.17) is 5.11 Å². The first-order chi connectivity index (χ1) is 4.05. The van der Waals surface area contributed by atoms with Gasteiger partial charge in [0, 0.05) is 0 Å². The van der Waals surface area contributed by atoms with Gasteiger partial charge in [-0.15, -0.1) is 0 Å². The van der Waals surface area contributed by atoms with E-state index in [0.29, 0.717) is 6.61 Å². The Balaban J connectivity index is 2.58. The first kappa shape index (κ1) is 7.03. The van der Waals surface area contributed by atoms with E-state index in [1.165, 1.54) is 5.57 Å². The van der Waals surface area contributed by atoms with Crippen molar-refractivity contribution in [1.82, 2.24) is 0 Å². The van der Waals surface area contributed by atoms with Crippen molar-refractivity contribution in [2.45, 2.75) is 26.1 Å². The molecule has 1 nitrogen and oxygen atoms in total. The Morgan fingerprint density at radius 3 is 2.11 bits per heavy atom. The number of allylic oxidation sites excluding steroid dienone is 1. The second-order valence-electron chi connectivity index (χ2n) is 3.67. The summed E-state index contributed by atoms with van der Waals surface area (Å²) in [5, 5.41) is 10.3. The second kappa shape index (κ2) is 1.96. The van der Waals surface area contributed by atoms with Crippen molar-refractivity contribution in [2.75, 3.05) is 6.61 Å². The van der Waals surface area contributed by atoms with E-state index in [0.717, 1.165) is 6.42 Å². The predicted octanol–water partition coefficient (Wildman–Crippen LogP) is 1.56. The lowest BCUT2D eigenvalue weighted by molar-refractivity contribution is 0.335. The number of hydrogen-bond acceptors (Lipinski definition) is 1. The molecule has 2 heteroatoms. The van der Waals surface area contributed by atoms with Crippen LogP contribution in [-0.2, 0) is 0 Å². The van der Waals surface area contributed by atoms with Crippen molar-refractivity contribution in [3.05, 3.63) is 10.8 Å². The number of aliphatic hydroxyl groups excluding tert-OH is 1. The van der Waals surface area contributed by atoms with Gasteiger partial charge < -0.3 is 5.11 Å². The molecule has 0 fully saturated rings. The van der Waals surface area contributed by atoms with Crippen LogP contribution in [0.5, 0.6) is 0 Å². The zero-order chi connectivity index (χ0) is 7.07. The summed E-state index contributed by atoms with van der Waals surface area (Å²) in [5.74, 6) is 0. The van der Waals surface area contributed by atoms with Crippen molar-refractivity contribution in [1.29, 1.82) is 0 Å².